The summed E-state index contributed by atoms with van der Waals surface area (Å²) in [5.41, 5.74) is 6.60. The molecule has 1 aromatic rings. The maximum absolute atomic E-state index is 12.0. The van der Waals surface area contributed by atoms with Gasteiger partial charge in [0.15, 0.2) is 0 Å². The van der Waals surface area contributed by atoms with E-state index in [1.807, 2.05) is 19.9 Å². The number of hydrogen-bond acceptors (Lipinski definition) is 4. The van der Waals surface area contributed by atoms with Crippen LogP contribution in [-0.2, 0) is 15.8 Å². The van der Waals surface area contributed by atoms with Gasteiger partial charge in [0.25, 0.3) is 0 Å². The van der Waals surface area contributed by atoms with E-state index in [0.29, 0.717) is 24.0 Å². The maximum atomic E-state index is 12.0. The normalized spacial score (nSPS) is 12.1. The van der Waals surface area contributed by atoms with Crippen molar-refractivity contribution in [3.8, 4) is 6.07 Å². The molecule has 0 heterocycles. The van der Waals surface area contributed by atoms with Crippen LogP contribution in [0.25, 0.3) is 0 Å². The molecule has 20 heavy (non-hydrogen) atoms. The van der Waals surface area contributed by atoms with Gasteiger partial charge >= 0.3 is 0 Å². The van der Waals surface area contributed by atoms with Gasteiger partial charge in [-0.05, 0) is 30.5 Å². The van der Waals surface area contributed by atoms with Crippen molar-refractivity contribution in [2.45, 2.75) is 38.0 Å². The van der Waals surface area contributed by atoms with Crippen molar-refractivity contribution in [2.75, 3.05) is 6.54 Å². The van der Waals surface area contributed by atoms with Crippen LogP contribution in [0.5, 0.6) is 0 Å². The molecule has 3 N–H and O–H groups in total. The van der Waals surface area contributed by atoms with Crippen molar-refractivity contribution >= 4 is 10.0 Å². The van der Waals surface area contributed by atoms with Gasteiger partial charge in [-0.3, -0.25) is 0 Å². The van der Waals surface area contributed by atoms with Crippen LogP contribution in [0.15, 0.2) is 24.3 Å². The fourth-order valence-electron chi connectivity index (χ4n) is 1.75. The Kier molecular flexibility index (Phi) is 5.69. The Morgan fingerprint density at radius 3 is 2.55 bits per heavy atom. The molecule has 0 aromatic heterocycles. The van der Waals surface area contributed by atoms with Gasteiger partial charge in [-0.2, -0.15) is 5.26 Å². The molecule has 0 aliphatic heterocycles. The highest BCUT2D eigenvalue weighted by molar-refractivity contribution is 7.88. The van der Waals surface area contributed by atoms with E-state index in [-0.39, 0.29) is 12.3 Å². The van der Waals surface area contributed by atoms with Crippen LogP contribution < -0.4 is 10.5 Å². The van der Waals surface area contributed by atoms with Gasteiger partial charge in [0.05, 0.1) is 17.4 Å². The molecule has 1 rings (SSSR count). The Bertz CT molecular complexity index is 587. The SMILES string of the molecule is CCC(N)(CC)CNS(=O)(=O)Cc1cccc(C#N)c1. The first-order valence-corrected chi connectivity index (χ1v) is 8.24. The number of nitrogens with zero attached hydrogens (tertiary/aromatic N) is 1. The number of benzene rings is 1. The quantitative estimate of drug-likeness (QED) is 0.796. The van der Waals surface area contributed by atoms with Crippen LogP contribution in [0.4, 0.5) is 0 Å². The largest absolute Gasteiger partial charge is 0.324 e. The van der Waals surface area contributed by atoms with Gasteiger partial charge in [-0.1, -0.05) is 26.0 Å². The van der Waals surface area contributed by atoms with Gasteiger partial charge in [0.2, 0.25) is 10.0 Å². The van der Waals surface area contributed by atoms with Crippen LogP contribution in [0, 0.1) is 11.3 Å². The summed E-state index contributed by atoms with van der Waals surface area (Å²) >= 11 is 0. The van der Waals surface area contributed by atoms with E-state index < -0.39 is 15.6 Å². The highest BCUT2D eigenvalue weighted by Gasteiger charge is 2.23. The topological polar surface area (TPSA) is 96.0 Å². The van der Waals surface area contributed by atoms with E-state index in [1.165, 1.54) is 0 Å². The van der Waals surface area contributed by atoms with E-state index in [1.54, 1.807) is 24.3 Å². The molecule has 1 aromatic carbocycles. The first kappa shape index (κ1) is 16.6. The van der Waals surface area contributed by atoms with Gasteiger partial charge in [0, 0.05) is 12.1 Å². The minimum Gasteiger partial charge on any atom is -0.324 e. The summed E-state index contributed by atoms with van der Waals surface area (Å²) in [7, 11) is -3.45. The van der Waals surface area contributed by atoms with E-state index >= 15 is 0 Å². The molecule has 0 amide bonds. The molecule has 0 radical (unpaired) electrons. The average molecular weight is 295 g/mol. The summed E-state index contributed by atoms with van der Waals surface area (Å²) in [5, 5.41) is 8.80. The molecule has 0 fully saturated rings. The lowest BCUT2D eigenvalue weighted by Crippen LogP contribution is -2.49. The standard InChI is InChI=1S/C14H21N3O2S/c1-3-14(16,4-2)11-17-20(18,19)10-13-7-5-6-12(8-13)9-15/h5-8,17H,3-4,10-11,16H2,1-2H3. The van der Waals surface area contributed by atoms with E-state index in [9.17, 15) is 8.42 Å². The van der Waals surface area contributed by atoms with Crippen molar-refractivity contribution in [3.05, 3.63) is 35.4 Å². The molecule has 0 unspecified atom stereocenters. The second-order valence-corrected chi connectivity index (χ2v) is 6.77. The van der Waals surface area contributed by atoms with Gasteiger partial charge < -0.3 is 5.73 Å². The molecule has 0 saturated heterocycles. The third kappa shape index (κ3) is 4.93. The monoisotopic (exact) mass is 295 g/mol. The third-order valence-corrected chi connectivity index (χ3v) is 4.76. The van der Waals surface area contributed by atoms with Crippen molar-refractivity contribution in [2.24, 2.45) is 5.73 Å². The molecule has 0 atom stereocenters. The van der Waals surface area contributed by atoms with Crippen LogP contribution in [-0.4, -0.2) is 20.5 Å². The third-order valence-electron chi connectivity index (χ3n) is 3.47. The van der Waals surface area contributed by atoms with E-state index in [4.69, 9.17) is 11.0 Å². The van der Waals surface area contributed by atoms with Gasteiger partial charge in [0.1, 0.15) is 0 Å². The van der Waals surface area contributed by atoms with Gasteiger partial charge in [-0.25, -0.2) is 13.1 Å². The summed E-state index contributed by atoms with van der Waals surface area (Å²) < 4.78 is 26.6. The number of nitrogens with one attached hydrogen (secondary N) is 1. The first-order valence-electron chi connectivity index (χ1n) is 6.59. The second-order valence-electron chi connectivity index (χ2n) is 4.96. The Morgan fingerprint density at radius 2 is 2.00 bits per heavy atom. The molecule has 0 spiro atoms. The van der Waals surface area contributed by atoms with Crippen LogP contribution in [0.1, 0.15) is 37.8 Å². The summed E-state index contributed by atoms with van der Waals surface area (Å²) in [5.74, 6) is -0.147. The smallest absolute Gasteiger partial charge is 0.215 e. The molecular weight excluding hydrogens is 274 g/mol. The minimum atomic E-state index is -3.45. The Labute approximate surface area is 120 Å². The second kappa shape index (κ2) is 6.84. The Hall–Kier alpha value is -1.42. The molecule has 0 aliphatic rings. The fraction of sp³-hybridized carbons (Fsp3) is 0.500. The molecule has 0 bridgehead atoms. The number of nitrogens with two attached hydrogens (primary N) is 1. The molecule has 6 heteroatoms. The predicted octanol–water partition coefficient (Wildman–Crippen LogP) is 1.50. The molecule has 110 valence electrons. The Balaban J connectivity index is 2.73. The van der Waals surface area contributed by atoms with Crippen molar-refractivity contribution in [1.29, 1.82) is 5.26 Å². The summed E-state index contributed by atoms with van der Waals surface area (Å²) in [4.78, 5) is 0. The van der Waals surface area contributed by atoms with Crippen LogP contribution in [0.3, 0.4) is 0 Å². The summed E-state index contributed by atoms with van der Waals surface area (Å²) in [6.45, 7) is 4.10. The summed E-state index contributed by atoms with van der Waals surface area (Å²) in [6.07, 6.45) is 1.41. The lowest BCUT2D eigenvalue weighted by Gasteiger charge is -2.26. The van der Waals surface area contributed by atoms with Crippen molar-refractivity contribution in [1.82, 2.24) is 4.72 Å². The zero-order chi connectivity index (χ0) is 15.2. The fourth-order valence-corrected chi connectivity index (χ4v) is 2.98. The minimum absolute atomic E-state index is 0.147. The Morgan fingerprint density at radius 1 is 1.35 bits per heavy atom. The lowest BCUT2D eigenvalue weighted by atomic mass is 9.95. The summed E-state index contributed by atoms with van der Waals surface area (Å²) in [6, 6.07) is 8.58. The van der Waals surface area contributed by atoms with Crippen LogP contribution >= 0.6 is 0 Å². The van der Waals surface area contributed by atoms with Crippen LogP contribution in [0.2, 0.25) is 0 Å². The van der Waals surface area contributed by atoms with Gasteiger partial charge in [-0.15, -0.1) is 0 Å². The number of sulfonamides is 1. The average Bonchev–Trinajstić information content (AvgIpc) is 2.44. The van der Waals surface area contributed by atoms with Crippen molar-refractivity contribution < 1.29 is 8.42 Å². The number of rotatable bonds is 7. The molecule has 0 aliphatic carbocycles. The zero-order valence-corrected chi connectivity index (χ0v) is 12.7. The lowest BCUT2D eigenvalue weighted by molar-refractivity contribution is 0.391. The maximum Gasteiger partial charge on any atom is 0.215 e. The first-order chi connectivity index (χ1) is 9.34. The zero-order valence-electron chi connectivity index (χ0n) is 11.9. The van der Waals surface area contributed by atoms with Crippen molar-refractivity contribution in [3.63, 3.8) is 0 Å². The predicted molar refractivity (Wildman–Crippen MR) is 79.3 cm³/mol. The highest BCUT2D eigenvalue weighted by atomic mass is 32.2. The number of nitriles is 1. The molecular formula is C14H21N3O2S. The molecule has 5 nitrogen and oxygen atoms in total. The van der Waals surface area contributed by atoms with E-state index in [2.05, 4.69) is 4.72 Å². The molecule has 0 saturated carbocycles. The highest BCUT2D eigenvalue weighted by Crippen LogP contribution is 2.12. The number of hydrogen-bond donors (Lipinski definition) is 2. The van der Waals surface area contributed by atoms with E-state index in [0.717, 1.165) is 0 Å².